The van der Waals surface area contributed by atoms with Crippen molar-refractivity contribution in [3.05, 3.63) is 82.4 Å². The molecule has 0 saturated heterocycles. The molecule has 6 nitrogen and oxygen atoms in total. The van der Waals surface area contributed by atoms with Crippen molar-refractivity contribution in [2.24, 2.45) is 0 Å². The molecule has 1 atom stereocenters. The van der Waals surface area contributed by atoms with Crippen LogP contribution in [0.1, 0.15) is 31.4 Å². The molecule has 1 aliphatic carbocycles. The van der Waals surface area contributed by atoms with Gasteiger partial charge >= 0.3 is 0 Å². The molecular formula is C21H20N2O4S. The number of nitrogens with zero attached hydrogens (tertiary/aromatic N) is 2. The molecule has 1 fully saturated rings. The first kappa shape index (κ1) is 18.6. The van der Waals surface area contributed by atoms with E-state index in [4.69, 9.17) is 0 Å². The van der Waals surface area contributed by atoms with Crippen molar-refractivity contribution < 1.29 is 13.3 Å². The van der Waals surface area contributed by atoms with Crippen LogP contribution in [0, 0.1) is 10.1 Å². The highest BCUT2D eigenvalue weighted by molar-refractivity contribution is 7.89. The maximum Gasteiger partial charge on any atom is 0.289 e. The maximum absolute atomic E-state index is 13.5. The average molecular weight is 396 g/mol. The van der Waals surface area contributed by atoms with E-state index in [1.165, 1.54) is 28.6 Å². The predicted molar refractivity (Wildman–Crippen MR) is 108 cm³/mol. The molecular weight excluding hydrogens is 376 g/mol. The van der Waals surface area contributed by atoms with Crippen LogP contribution in [0.3, 0.4) is 0 Å². The van der Waals surface area contributed by atoms with E-state index in [0.29, 0.717) is 0 Å². The van der Waals surface area contributed by atoms with Crippen LogP contribution in [-0.4, -0.2) is 23.7 Å². The predicted octanol–water partition coefficient (Wildman–Crippen LogP) is 4.66. The standard InChI is InChI=1S/C21H20N2O4S/c1-15(18-10-6-8-16-7-2-3-9-19(16)18)22(17-13-14-17)28(26,27)21-12-5-4-11-20(21)23(24)25/h2-12,15,17H,13-14H2,1H3/t15-/m1/s1. The number of nitro groups is 1. The lowest BCUT2D eigenvalue weighted by molar-refractivity contribution is -0.387. The van der Waals surface area contributed by atoms with Gasteiger partial charge in [0, 0.05) is 18.2 Å². The zero-order valence-corrected chi connectivity index (χ0v) is 16.2. The Hall–Kier alpha value is -2.77. The quantitative estimate of drug-likeness (QED) is 0.448. The first-order valence-corrected chi connectivity index (χ1v) is 10.6. The third-order valence-corrected chi connectivity index (χ3v) is 7.25. The number of hydrogen-bond donors (Lipinski definition) is 0. The first-order chi connectivity index (χ1) is 13.4. The van der Waals surface area contributed by atoms with Gasteiger partial charge in [0.05, 0.1) is 4.92 Å². The fraction of sp³-hybridized carbons (Fsp3) is 0.238. The summed E-state index contributed by atoms with van der Waals surface area (Å²) in [5.41, 5.74) is 0.505. The summed E-state index contributed by atoms with van der Waals surface area (Å²) in [6.07, 6.45) is 1.52. The van der Waals surface area contributed by atoms with Crippen molar-refractivity contribution >= 4 is 26.5 Å². The molecule has 28 heavy (non-hydrogen) atoms. The molecule has 0 amide bonds. The number of benzene rings is 3. The minimum absolute atomic E-state index is 0.140. The van der Waals surface area contributed by atoms with Gasteiger partial charge in [0.2, 0.25) is 0 Å². The van der Waals surface area contributed by atoms with Gasteiger partial charge in [0.25, 0.3) is 15.7 Å². The Bertz CT molecular complexity index is 1150. The molecule has 0 N–H and O–H groups in total. The molecule has 4 rings (SSSR count). The molecule has 3 aromatic carbocycles. The maximum atomic E-state index is 13.5. The van der Waals surface area contributed by atoms with Gasteiger partial charge < -0.3 is 0 Å². The largest absolute Gasteiger partial charge is 0.289 e. The smallest absolute Gasteiger partial charge is 0.258 e. The Kier molecular flexibility index (Phi) is 4.64. The molecule has 1 saturated carbocycles. The van der Waals surface area contributed by atoms with Crippen LogP contribution >= 0.6 is 0 Å². The molecule has 0 aliphatic heterocycles. The Morgan fingerprint density at radius 3 is 2.36 bits per heavy atom. The van der Waals surface area contributed by atoms with Gasteiger partial charge in [-0.15, -0.1) is 0 Å². The van der Waals surface area contributed by atoms with Gasteiger partial charge in [-0.25, -0.2) is 8.42 Å². The normalized spacial score (nSPS) is 15.6. The Labute approximate surface area is 163 Å². The lowest BCUT2D eigenvalue weighted by Gasteiger charge is -2.29. The molecule has 1 aliphatic rings. The van der Waals surface area contributed by atoms with E-state index < -0.39 is 26.7 Å². The zero-order chi connectivity index (χ0) is 19.9. The molecule has 0 aromatic heterocycles. The number of hydrogen-bond acceptors (Lipinski definition) is 4. The third kappa shape index (κ3) is 3.16. The molecule has 0 spiro atoms. The Balaban J connectivity index is 1.85. The summed E-state index contributed by atoms with van der Waals surface area (Å²) < 4.78 is 28.5. The second kappa shape index (κ2) is 7.00. The highest BCUT2D eigenvalue weighted by atomic mass is 32.2. The Morgan fingerprint density at radius 2 is 1.64 bits per heavy atom. The van der Waals surface area contributed by atoms with Gasteiger partial charge in [0.15, 0.2) is 4.90 Å². The van der Waals surface area contributed by atoms with Gasteiger partial charge in [-0.2, -0.15) is 4.31 Å². The van der Waals surface area contributed by atoms with E-state index in [1.807, 2.05) is 49.4 Å². The van der Waals surface area contributed by atoms with Crippen LogP contribution in [0.15, 0.2) is 71.6 Å². The van der Waals surface area contributed by atoms with Crippen LogP contribution in [0.5, 0.6) is 0 Å². The number of sulfonamides is 1. The monoisotopic (exact) mass is 396 g/mol. The fourth-order valence-corrected chi connectivity index (χ4v) is 5.76. The minimum atomic E-state index is -4.04. The second-order valence-corrected chi connectivity index (χ2v) is 8.85. The van der Waals surface area contributed by atoms with Crippen molar-refractivity contribution in [1.82, 2.24) is 4.31 Å². The van der Waals surface area contributed by atoms with Crippen LogP contribution in [0.25, 0.3) is 10.8 Å². The SMILES string of the molecule is C[C@H](c1cccc2ccccc12)N(C1CC1)S(=O)(=O)c1ccccc1[N+](=O)[O-]. The van der Waals surface area contributed by atoms with Crippen LogP contribution < -0.4 is 0 Å². The highest BCUT2D eigenvalue weighted by Gasteiger charge is 2.44. The number of para-hydroxylation sites is 1. The van der Waals surface area contributed by atoms with Crippen molar-refractivity contribution in [2.75, 3.05) is 0 Å². The van der Waals surface area contributed by atoms with E-state index >= 15 is 0 Å². The molecule has 144 valence electrons. The van der Waals surface area contributed by atoms with E-state index in [9.17, 15) is 18.5 Å². The van der Waals surface area contributed by atoms with E-state index in [-0.39, 0.29) is 10.9 Å². The van der Waals surface area contributed by atoms with Crippen molar-refractivity contribution in [2.45, 2.75) is 36.7 Å². The Morgan fingerprint density at radius 1 is 1.00 bits per heavy atom. The van der Waals surface area contributed by atoms with Crippen molar-refractivity contribution in [3.63, 3.8) is 0 Å². The highest BCUT2D eigenvalue weighted by Crippen LogP contribution is 2.42. The van der Waals surface area contributed by atoms with Crippen LogP contribution in [0.2, 0.25) is 0 Å². The summed E-state index contributed by atoms with van der Waals surface area (Å²) in [5.74, 6) is 0. The molecule has 3 aromatic rings. The number of fused-ring (bicyclic) bond motifs is 1. The van der Waals surface area contributed by atoms with E-state index in [0.717, 1.165) is 29.2 Å². The molecule has 7 heteroatoms. The summed E-state index contributed by atoms with van der Waals surface area (Å²) in [5, 5.41) is 13.4. The van der Waals surface area contributed by atoms with E-state index in [1.54, 1.807) is 0 Å². The summed E-state index contributed by atoms with van der Waals surface area (Å²) in [6.45, 7) is 1.85. The van der Waals surface area contributed by atoms with Gasteiger partial charge in [0.1, 0.15) is 0 Å². The summed E-state index contributed by atoms with van der Waals surface area (Å²) in [7, 11) is -4.04. The van der Waals surface area contributed by atoms with E-state index in [2.05, 4.69) is 0 Å². The summed E-state index contributed by atoms with van der Waals surface area (Å²) in [4.78, 5) is 10.5. The first-order valence-electron chi connectivity index (χ1n) is 9.16. The number of nitro benzene ring substituents is 1. The molecule has 0 heterocycles. The average Bonchev–Trinajstić information content (AvgIpc) is 3.52. The van der Waals surface area contributed by atoms with Crippen molar-refractivity contribution in [1.29, 1.82) is 0 Å². The minimum Gasteiger partial charge on any atom is -0.258 e. The van der Waals surface area contributed by atoms with Crippen molar-refractivity contribution in [3.8, 4) is 0 Å². The van der Waals surface area contributed by atoms with Crippen LogP contribution in [-0.2, 0) is 10.0 Å². The molecule has 0 bridgehead atoms. The van der Waals surface area contributed by atoms with Gasteiger partial charge in [-0.1, -0.05) is 54.6 Å². The topological polar surface area (TPSA) is 80.5 Å². The molecule has 0 unspecified atom stereocenters. The van der Waals surface area contributed by atoms with Gasteiger partial charge in [-0.3, -0.25) is 10.1 Å². The second-order valence-electron chi connectivity index (χ2n) is 7.04. The van der Waals surface area contributed by atoms with Crippen LogP contribution in [0.4, 0.5) is 5.69 Å². The third-order valence-electron chi connectivity index (χ3n) is 5.18. The molecule has 0 radical (unpaired) electrons. The lowest BCUT2D eigenvalue weighted by atomic mass is 9.99. The zero-order valence-electron chi connectivity index (χ0n) is 15.4. The summed E-state index contributed by atoms with van der Waals surface area (Å²) in [6, 6.07) is 18.6. The fourth-order valence-electron chi connectivity index (χ4n) is 3.74. The number of rotatable bonds is 6. The lowest BCUT2D eigenvalue weighted by Crippen LogP contribution is -2.36. The van der Waals surface area contributed by atoms with Gasteiger partial charge in [-0.05, 0) is 42.2 Å². The summed E-state index contributed by atoms with van der Waals surface area (Å²) >= 11 is 0.